The Morgan fingerprint density at radius 2 is 1.83 bits per heavy atom. The Morgan fingerprint density at radius 1 is 1.06 bits per heavy atom. The molecule has 6 nitrogen and oxygen atoms in total. The lowest BCUT2D eigenvalue weighted by molar-refractivity contribution is -0.114. The van der Waals surface area contributed by atoms with Crippen LogP contribution in [0.4, 0.5) is 0 Å². The predicted octanol–water partition coefficient (Wildman–Crippen LogP) is 7.32. The zero-order chi connectivity index (χ0) is 25.1. The van der Waals surface area contributed by atoms with Crippen LogP contribution in [0.1, 0.15) is 56.6 Å². The van der Waals surface area contributed by atoms with Crippen molar-refractivity contribution >= 4 is 62.3 Å². The Labute approximate surface area is 220 Å². The molecule has 0 atom stereocenters. The smallest absolute Gasteiger partial charge is 0.283 e. The van der Waals surface area contributed by atoms with Crippen molar-refractivity contribution in [3.05, 3.63) is 76.5 Å². The molecule has 8 heteroatoms. The van der Waals surface area contributed by atoms with Crippen molar-refractivity contribution in [3.63, 3.8) is 0 Å². The lowest BCUT2D eigenvalue weighted by Crippen LogP contribution is -2.35. The number of carbonyl (C=O) groups excluding carboxylic acids is 1. The van der Waals surface area contributed by atoms with E-state index < -0.39 is 5.91 Å². The highest BCUT2D eigenvalue weighted by Crippen LogP contribution is 2.32. The maximum absolute atomic E-state index is 12.9. The van der Waals surface area contributed by atoms with E-state index in [1.54, 1.807) is 6.08 Å². The highest BCUT2D eigenvalue weighted by Gasteiger charge is 2.35. The van der Waals surface area contributed by atoms with Crippen LogP contribution >= 0.6 is 23.4 Å². The summed E-state index contributed by atoms with van der Waals surface area (Å²) in [6.07, 6.45) is 10.6. The fraction of sp³-hybridized carbons (Fsp3) is 0.286. The molecule has 1 amide bonds. The van der Waals surface area contributed by atoms with Crippen LogP contribution in [0.25, 0.3) is 17.0 Å². The molecule has 3 heterocycles. The van der Waals surface area contributed by atoms with Gasteiger partial charge in [-0.3, -0.25) is 10.2 Å². The van der Waals surface area contributed by atoms with Gasteiger partial charge >= 0.3 is 0 Å². The molecule has 36 heavy (non-hydrogen) atoms. The molecule has 2 aliphatic heterocycles. The summed E-state index contributed by atoms with van der Waals surface area (Å²) < 4.78 is 2.15. The number of hydrogen-bond acceptors (Lipinski definition) is 4. The maximum atomic E-state index is 12.9. The molecule has 3 aromatic rings. The first-order valence-electron chi connectivity index (χ1n) is 12.3. The summed E-state index contributed by atoms with van der Waals surface area (Å²) in [6, 6.07) is 15.9. The summed E-state index contributed by atoms with van der Waals surface area (Å²) in [6.45, 7) is 2.88. The normalized spacial score (nSPS) is 16.6. The summed E-state index contributed by atoms with van der Waals surface area (Å²) >= 11 is 7.45. The molecular weight excluding hydrogens is 490 g/mol. The SMILES string of the molecule is CCCCCCCC1=NN2C(=N)/C(=C\c3cn(Cc4ccc(Cl)cc4)c4ccccc34)C(=O)N=C2S1. The molecule has 2 aromatic carbocycles. The number of amides is 1. The van der Waals surface area contributed by atoms with Crippen LogP contribution in [0.3, 0.4) is 0 Å². The standard InChI is InChI=1S/C28H28ClN5OS/c1-2-3-4-5-6-11-25-32-34-26(30)23(27(35)31-28(34)36-25)16-20-18-33(24-10-8-7-9-22(20)24)17-19-12-14-21(29)15-13-19/h7-10,12-16,18,30H,2-6,11,17H2,1H3/b23-16+,30-26?. The van der Waals surface area contributed by atoms with Gasteiger partial charge in [-0.25, -0.2) is 0 Å². The van der Waals surface area contributed by atoms with Gasteiger partial charge in [-0.2, -0.15) is 15.1 Å². The molecule has 0 spiro atoms. The first-order chi connectivity index (χ1) is 17.5. The molecule has 0 fully saturated rings. The highest BCUT2D eigenvalue weighted by molar-refractivity contribution is 8.26. The summed E-state index contributed by atoms with van der Waals surface area (Å²) in [5.74, 6) is -0.319. The van der Waals surface area contributed by atoms with Crippen LogP contribution in [0, 0.1) is 5.41 Å². The quantitative estimate of drug-likeness (QED) is 0.238. The van der Waals surface area contributed by atoms with Crippen molar-refractivity contribution in [3.8, 4) is 0 Å². The molecule has 0 saturated carbocycles. The van der Waals surface area contributed by atoms with Crippen molar-refractivity contribution in [2.45, 2.75) is 52.0 Å². The third kappa shape index (κ3) is 5.18. The topological polar surface area (TPSA) is 73.8 Å². The molecule has 2 aliphatic rings. The number of para-hydroxylation sites is 1. The minimum Gasteiger partial charge on any atom is -0.342 e. The summed E-state index contributed by atoms with van der Waals surface area (Å²) in [4.78, 5) is 17.2. The molecular formula is C28H28ClN5OS. The Bertz CT molecular complexity index is 1400. The number of benzene rings is 2. The number of aliphatic imine (C=N–C) groups is 1. The second-order valence-corrected chi connectivity index (χ2v) is 10.5. The number of nitrogens with zero attached hydrogens (tertiary/aromatic N) is 4. The Balaban J connectivity index is 1.40. The second kappa shape index (κ2) is 10.8. The van der Waals surface area contributed by atoms with E-state index in [4.69, 9.17) is 17.0 Å². The van der Waals surface area contributed by atoms with Crippen LogP contribution in [-0.2, 0) is 11.3 Å². The second-order valence-electron chi connectivity index (χ2n) is 9.03. The molecule has 184 valence electrons. The number of hydrazone groups is 1. The number of halogens is 1. The number of unbranched alkanes of at least 4 members (excludes halogenated alkanes) is 4. The average molecular weight is 518 g/mol. The van der Waals surface area contributed by atoms with Gasteiger partial charge in [0.2, 0.25) is 5.17 Å². The lowest BCUT2D eigenvalue weighted by Gasteiger charge is -2.20. The summed E-state index contributed by atoms with van der Waals surface area (Å²) in [5, 5.41) is 18.0. The Hall–Kier alpha value is -3.16. The molecule has 1 aromatic heterocycles. The van der Waals surface area contributed by atoms with Crippen LogP contribution < -0.4 is 0 Å². The molecule has 0 aliphatic carbocycles. The monoisotopic (exact) mass is 517 g/mol. The van der Waals surface area contributed by atoms with E-state index in [-0.39, 0.29) is 11.4 Å². The first-order valence-corrected chi connectivity index (χ1v) is 13.5. The van der Waals surface area contributed by atoms with Gasteiger partial charge in [-0.1, -0.05) is 74.5 Å². The van der Waals surface area contributed by atoms with E-state index in [1.165, 1.54) is 42.5 Å². The van der Waals surface area contributed by atoms with Gasteiger partial charge in [0, 0.05) is 34.2 Å². The van der Waals surface area contributed by atoms with E-state index in [0.29, 0.717) is 16.7 Å². The van der Waals surface area contributed by atoms with E-state index >= 15 is 0 Å². The number of nitrogens with one attached hydrogen (secondary N) is 1. The van der Waals surface area contributed by atoms with Crippen LogP contribution in [0.5, 0.6) is 0 Å². The van der Waals surface area contributed by atoms with Gasteiger partial charge < -0.3 is 4.57 Å². The molecule has 1 N–H and O–H groups in total. The van der Waals surface area contributed by atoms with E-state index in [0.717, 1.165) is 39.9 Å². The molecule has 0 radical (unpaired) electrons. The summed E-state index contributed by atoms with van der Waals surface area (Å²) in [5.41, 5.74) is 3.30. The van der Waals surface area contributed by atoms with Gasteiger partial charge in [0.25, 0.3) is 5.91 Å². The summed E-state index contributed by atoms with van der Waals surface area (Å²) in [7, 11) is 0. The van der Waals surface area contributed by atoms with Crippen LogP contribution in [0.15, 0.2) is 70.4 Å². The van der Waals surface area contributed by atoms with Gasteiger partial charge in [0.15, 0.2) is 5.84 Å². The predicted molar refractivity (Wildman–Crippen MR) is 151 cm³/mol. The number of aromatic nitrogens is 1. The van der Waals surface area contributed by atoms with Gasteiger partial charge in [-0.05, 0) is 54.4 Å². The molecule has 0 saturated heterocycles. The average Bonchev–Trinajstić information content (AvgIpc) is 3.44. The lowest BCUT2D eigenvalue weighted by atomic mass is 10.1. The molecule has 0 unspecified atom stereocenters. The zero-order valence-corrected chi connectivity index (χ0v) is 21.8. The van der Waals surface area contributed by atoms with E-state index in [1.807, 2.05) is 48.7 Å². The Kier molecular flexibility index (Phi) is 7.39. The molecule has 0 bridgehead atoms. The van der Waals surface area contributed by atoms with Gasteiger partial charge in [0.05, 0.1) is 5.57 Å². The first kappa shape index (κ1) is 24.5. The number of thioether (sulfide) groups is 1. The van der Waals surface area contributed by atoms with Crippen molar-refractivity contribution in [2.24, 2.45) is 10.1 Å². The number of rotatable bonds is 9. The number of fused-ring (bicyclic) bond motifs is 2. The number of hydrogen-bond donors (Lipinski definition) is 1. The van der Waals surface area contributed by atoms with Crippen molar-refractivity contribution in [2.75, 3.05) is 0 Å². The van der Waals surface area contributed by atoms with E-state index in [2.05, 4.69) is 27.7 Å². The minimum atomic E-state index is -0.396. The van der Waals surface area contributed by atoms with Gasteiger partial charge in [-0.15, -0.1) is 0 Å². The van der Waals surface area contributed by atoms with Gasteiger partial charge in [0.1, 0.15) is 5.04 Å². The molecule has 5 rings (SSSR count). The number of amidine groups is 2. The highest BCUT2D eigenvalue weighted by atomic mass is 35.5. The third-order valence-electron chi connectivity index (χ3n) is 6.38. The Morgan fingerprint density at radius 3 is 2.64 bits per heavy atom. The minimum absolute atomic E-state index is 0.0769. The fourth-order valence-corrected chi connectivity index (χ4v) is 5.53. The van der Waals surface area contributed by atoms with Crippen molar-refractivity contribution in [1.29, 1.82) is 5.41 Å². The van der Waals surface area contributed by atoms with Crippen molar-refractivity contribution in [1.82, 2.24) is 9.58 Å². The number of carbonyl (C=O) groups is 1. The van der Waals surface area contributed by atoms with E-state index in [9.17, 15) is 4.79 Å². The fourth-order valence-electron chi connectivity index (χ4n) is 4.48. The van der Waals surface area contributed by atoms with Crippen LogP contribution in [0.2, 0.25) is 5.02 Å². The largest absolute Gasteiger partial charge is 0.342 e. The maximum Gasteiger partial charge on any atom is 0.283 e. The third-order valence-corrected chi connectivity index (χ3v) is 7.60. The van der Waals surface area contributed by atoms with Crippen LogP contribution in [-0.4, -0.2) is 31.5 Å². The zero-order valence-electron chi connectivity index (χ0n) is 20.2. The van der Waals surface area contributed by atoms with Crippen molar-refractivity contribution < 1.29 is 4.79 Å².